The van der Waals surface area contributed by atoms with E-state index in [1.807, 2.05) is 30.3 Å². The zero-order chi connectivity index (χ0) is 35.8. The van der Waals surface area contributed by atoms with Gasteiger partial charge in [0.1, 0.15) is 28.7 Å². The zero-order valence-corrected chi connectivity index (χ0v) is 25.0. The Hall–Kier alpha value is -4.85. The average Bonchev–Trinajstić information content (AvgIpc) is 2.99. The maximum Gasteiger partial charge on any atom is 0.527 e. The van der Waals surface area contributed by atoms with Crippen molar-refractivity contribution >= 4 is 10.8 Å². The van der Waals surface area contributed by atoms with Crippen molar-refractivity contribution < 1.29 is 62.5 Å². The van der Waals surface area contributed by atoms with Gasteiger partial charge in [-0.3, -0.25) is 0 Å². The van der Waals surface area contributed by atoms with E-state index in [1.54, 1.807) is 0 Å². The molecule has 14 heteroatoms. The van der Waals surface area contributed by atoms with Gasteiger partial charge >= 0.3 is 24.7 Å². The quantitative estimate of drug-likeness (QED) is 0.128. The molecule has 0 aliphatic heterocycles. The summed E-state index contributed by atoms with van der Waals surface area (Å²) in [7, 11) is 0. The minimum Gasteiger partial charge on any atom is -0.429 e. The van der Waals surface area contributed by atoms with Gasteiger partial charge in [0.2, 0.25) is 0 Å². The molecule has 0 fully saturated rings. The molecule has 0 bridgehead atoms. The van der Waals surface area contributed by atoms with Crippen LogP contribution in [0.1, 0.15) is 35.6 Å². The van der Waals surface area contributed by atoms with E-state index >= 15 is 0 Å². The van der Waals surface area contributed by atoms with Crippen LogP contribution in [0.2, 0.25) is 0 Å². The number of ether oxygens (including phenoxy) is 3. The Morgan fingerprint density at radius 3 is 1.55 bits per heavy atom. The summed E-state index contributed by atoms with van der Waals surface area (Å²) in [5.41, 5.74) is -1.42. The minimum absolute atomic E-state index is 0.202. The van der Waals surface area contributed by atoms with Gasteiger partial charge in [-0.05, 0) is 76.3 Å². The molecule has 5 aromatic rings. The molecular formula is C35H23F11O3. The largest absolute Gasteiger partial charge is 0.527 e. The highest BCUT2D eigenvalue weighted by atomic mass is 19.4. The van der Waals surface area contributed by atoms with E-state index in [-0.39, 0.29) is 12.1 Å². The molecule has 0 N–H and O–H groups in total. The highest BCUT2D eigenvalue weighted by molar-refractivity contribution is 5.87. The zero-order valence-electron chi connectivity index (χ0n) is 25.0. The smallest absolute Gasteiger partial charge is 0.429 e. The topological polar surface area (TPSA) is 27.7 Å². The number of benzene rings is 5. The highest BCUT2D eigenvalue weighted by Crippen LogP contribution is 2.42. The molecule has 0 saturated heterocycles. The molecule has 0 saturated carbocycles. The summed E-state index contributed by atoms with van der Waals surface area (Å²) in [6, 6.07) is 19.4. The first kappa shape index (κ1) is 35.5. The molecule has 0 spiro atoms. The van der Waals surface area contributed by atoms with Crippen LogP contribution in [0.15, 0.2) is 97.1 Å². The van der Waals surface area contributed by atoms with Crippen LogP contribution >= 0.6 is 0 Å². The van der Waals surface area contributed by atoms with Crippen molar-refractivity contribution in [3.63, 3.8) is 0 Å². The second-order valence-corrected chi connectivity index (χ2v) is 10.8. The molecule has 258 valence electrons. The number of rotatable bonds is 11. The van der Waals surface area contributed by atoms with Gasteiger partial charge in [0.15, 0.2) is 0 Å². The SMILES string of the molecule is CCCc1ccc2cc(-c3ccc(C(F)(F)Oc4ccc(C(F)(F)Oc5cc(F)c(C(F)(F)OC(F)(F)F)c(F)c5)cc4)cc3)ccc2c1. The Labute approximate surface area is 271 Å². The molecule has 0 unspecified atom stereocenters. The lowest BCUT2D eigenvalue weighted by Gasteiger charge is -2.22. The lowest BCUT2D eigenvalue weighted by molar-refractivity contribution is -0.432. The van der Waals surface area contributed by atoms with E-state index in [1.165, 1.54) is 17.7 Å². The van der Waals surface area contributed by atoms with E-state index < -0.39 is 64.5 Å². The van der Waals surface area contributed by atoms with E-state index in [0.29, 0.717) is 17.7 Å². The first-order valence-corrected chi connectivity index (χ1v) is 14.4. The van der Waals surface area contributed by atoms with Crippen LogP contribution in [0, 0.1) is 11.6 Å². The molecule has 0 radical (unpaired) electrons. The molecule has 5 rings (SSSR count). The summed E-state index contributed by atoms with van der Waals surface area (Å²) in [6.07, 6.45) is -17.9. The molecule has 49 heavy (non-hydrogen) atoms. The van der Waals surface area contributed by atoms with Crippen LogP contribution in [-0.4, -0.2) is 6.36 Å². The number of fused-ring (bicyclic) bond motifs is 1. The third-order valence-electron chi connectivity index (χ3n) is 7.23. The van der Waals surface area contributed by atoms with Crippen molar-refractivity contribution in [3.05, 3.63) is 131 Å². The number of hydrogen-bond acceptors (Lipinski definition) is 3. The lowest BCUT2D eigenvalue weighted by atomic mass is 9.98. The third kappa shape index (κ3) is 8.24. The Morgan fingerprint density at radius 1 is 0.510 bits per heavy atom. The van der Waals surface area contributed by atoms with Crippen LogP contribution in [0.4, 0.5) is 48.3 Å². The summed E-state index contributed by atoms with van der Waals surface area (Å²) < 4.78 is 163. The third-order valence-corrected chi connectivity index (χ3v) is 7.23. The Balaban J connectivity index is 1.27. The van der Waals surface area contributed by atoms with Gasteiger partial charge in [-0.1, -0.05) is 55.8 Å². The summed E-state index contributed by atoms with van der Waals surface area (Å²) in [6.45, 7) is 2.09. The van der Waals surface area contributed by atoms with Crippen molar-refractivity contribution in [1.82, 2.24) is 0 Å². The van der Waals surface area contributed by atoms with Crippen LogP contribution in [0.5, 0.6) is 11.5 Å². The predicted octanol–water partition coefficient (Wildman–Crippen LogP) is 11.6. The molecule has 0 atom stereocenters. The molecule has 0 aromatic heterocycles. The van der Waals surface area contributed by atoms with Gasteiger partial charge in [-0.15, -0.1) is 13.2 Å². The predicted molar refractivity (Wildman–Crippen MR) is 156 cm³/mol. The lowest BCUT2D eigenvalue weighted by Crippen LogP contribution is -2.30. The van der Waals surface area contributed by atoms with E-state index in [4.69, 9.17) is 4.74 Å². The van der Waals surface area contributed by atoms with Crippen LogP contribution in [-0.2, 0) is 29.5 Å². The van der Waals surface area contributed by atoms with Crippen molar-refractivity contribution in [2.24, 2.45) is 0 Å². The molecule has 0 aliphatic rings. The number of halogens is 11. The van der Waals surface area contributed by atoms with Crippen molar-refractivity contribution in [2.75, 3.05) is 0 Å². The molecule has 3 nitrogen and oxygen atoms in total. The summed E-state index contributed by atoms with van der Waals surface area (Å²) >= 11 is 0. The second-order valence-electron chi connectivity index (χ2n) is 10.8. The molecule has 0 amide bonds. The molecule has 0 aliphatic carbocycles. The fourth-order valence-corrected chi connectivity index (χ4v) is 4.99. The van der Waals surface area contributed by atoms with Gasteiger partial charge in [-0.2, -0.15) is 26.3 Å². The average molecular weight is 701 g/mol. The second kappa shape index (κ2) is 13.2. The summed E-state index contributed by atoms with van der Waals surface area (Å²) in [5, 5.41) is 2.02. The highest BCUT2D eigenvalue weighted by Gasteiger charge is 2.50. The molecule has 0 heterocycles. The first-order valence-electron chi connectivity index (χ1n) is 14.4. The fourth-order valence-electron chi connectivity index (χ4n) is 4.99. The van der Waals surface area contributed by atoms with Crippen LogP contribution in [0.25, 0.3) is 21.9 Å². The maximum absolute atomic E-state index is 15.0. The Morgan fingerprint density at radius 2 is 1.00 bits per heavy atom. The molecule has 5 aromatic carbocycles. The fraction of sp³-hybridized carbons (Fsp3) is 0.200. The number of alkyl halides is 9. The number of hydrogen-bond donors (Lipinski definition) is 0. The van der Waals surface area contributed by atoms with Gasteiger partial charge in [0.25, 0.3) is 0 Å². The van der Waals surface area contributed by atoms with E-state index in [2.05, 4.69) is 22.5 Å². The number of aryl methyl sites for hydroxylation is 1. The van der Waals surface area contributed by atoms with Crippen LogP contribution in [0.3, 0.4) is 0 Å². The molecular weight excluding hydrogens is 677 g/mol. The first-order chi connectivity index (χ1) is 22.9. The van der Waals surface area contributed by atoms with Gasteiger partial charge in [0, 0.05) is 12.1 Å². The van der Waals surface area contributed by atoms with Gasteiger partial charge in [0.05, 0.1) is 11.1 Å². The van der Waals surface area contributed by atoms with Crippen LogP contribution < -0.4 is 9.47 Å². The Bertz CT molecular complexity index is 1920. The monoisotopic (exact) mass is 700 g/mol. The normalized spacial score (nSPS) is 12.7. The Kier molecular flexibility index (Phi) is 9.57. The minimum atomic E-state index is -5.99. The van der Waals surface area contributed by atoms with Crippen molar-refractivity contribution in [2.45, 2.75) is 44.5 Å². The summed E-state index contributed by atoms with van der Waals surface area (Å²) in [4.78, 5) is 0. The van der Waals surface area contributed by atoms with E-state index in [9.17, 15) is 48.3 Å². The standard InChI is InChI=1S/C35H23F11O3/c1-2-3-20-4-5-24-17-23(7-6-22(24)16-20)21-8-10-25(11-9-21)32(38,39)47-27-14-12-26(13-15-27)33(40,41)48-28-18-29(36)31(30(37)19-28)34(42,43)49-35(44,45)46/h4-19H,2-3H2,1H3. The summed E-state index contributed by atoms with van der Waals surface area (Å²) in [5.74, 6) is -6.69. The van der Waals surface area contributed by atoms with Crippen molar-refractivity contribution in [1.29, 1.82) is 0 Å². The van der Waals surface area contributed by atoms with E-state index in [0.717, 1.165) is 53.4 Å². The van der Waals surface area contributed by atoms with Crippen molar-refractivity contribution in [3.8, 4) is 22.6 Å². The maximum atomic E-state index is 15.0. The van der Waals surface area contributed by atoms with Gasteiger partial charge in [-0.25, -0.2) is 13.5 Å². The van der Waals surface area contributed by atoms with Gasteiger partial charge < -0.3 is 9.47 Å².